The van der Waals surface area contributed by atoms with E-state index in [0.717, 1.165) is 0 Å². The SMILES string of the molecule is OC=C=C(O)O. The van der Waals surface area contributed by atoms with Gasteiger partial charge in [0, 0.05) is 5.73 Å². The van der Waals surface area contributed by atoms with Gasteiger partial charge in [-0.25, -0.2) is 0 Å². The molecule has 0 saturated heterocycles. The van der Waals surface area contributed by atoms with Crippen LogP contribution in [0.4, 0.5) is 0 Å². The van der Waals surface area contributed by atoms with E-state index in [1.165, 1.54) is 0 Å². The van der Waals surface area contributed by atoms with Crippen LogP contribution in [0.3, 0.4) is 0 Å². The van der Waals surface area contributed by atoms with Gasteiger partial charge in [-0.2, -0.15) is 0 Å². The van der Waals surface area contributed by atoms with Gasteiger partial charge in [0.2, 0.25) is 0 Å². The molecule has 0 spiro atoms. The average Bonchev–Trinajstić information content (AvgIpc) is 1.35. The molecule has 0 aromatic heterocycles. The van der Waals surface area contributed by atoms with Crippen LogP contribution >= 0.6 is 0 Å². The third-order valence-corrected chi connectivity index (χ3v) is 0.194. The Hall–Kier alpha value is -1.08. The average molecular weight is 88.1 g/mol. The lowest BCUT2D eigenvalue weighted by atomic mass is 10.8. The molecule has 3 N–H and O–H groups in total. The normalized spacial score (nSPS) is 6.00. The van der Waals surface area contributed by atoms with E-state index >= 15 is 0 Å². The molecule has 0 amide bonds. The first kappa shape index (κ1) is 4.92. The van der Waals surface area contributed by atoms with E-state index < -0.39 is 5.95 Å². The van der Waals surface area contributed by atoms with Crippen molar-refractivity contribution in [3.8, 4) is 0 Å². The van der Waals surface area contributed by atoms with E-state index in [2.05, 4.69) is 0 Å². The van der Waals surface area contributed by atoms with E-state index in [4.69, 9.17) is 15.3 Å². The number of aliphatic hydroxyl groups excluding tert-OH is 2. The minimum Gasteiger partial charge on any atom is -0.507 e. The van der Waals surface area contributed by atoms with E-state index in [0.29, 0.717) is 6.26 Å². The summed E-state index contributed by atoms with van der Waals surface area (Å²) in [7, 11) is 0. The summed E-state index contributed by atoms with van der Waals surface area (Å²) < 4.78 is 0. The highest BCUT2D eigenvalue weighted by molar-refractivity contribution is 4.74. The van der Waals surface area contributed by atoms with Gasteiger partial charge in [0.25, 0.3) is 0 Å². The summed E-state index contributed by atoms with van der Waals surface area (Å²) in [6, 6.07) is 0. The maximum Gasteiger partial charge on any atom is 0.325 e. The van der Waals surface area contributed by atoms with Crippen molar-refractivity contribution in [2.75, 3.05) is 0 Å². The molecule has 0 rings (SSSR count). The standard InChI is InChI=1S/C3H4O3/c4-2-1-3(5)6/h2,4-6H. The Kier molecular flexibility index (Phi) is 1.78. The Labute approximate surface area is 34.5 Å². The van der Waals surface area contributed by atoms with Crippen LogP contribution in [0.1, 0.15) is 0 Å². The maximum atomic E-state index is 7.72. The monoisotopic (exact) mass is 88.0 g/mol. The largest absolute Gasteiger partial charge is 0.507 e. The van der Waals surface area contributed by atoms with Crippen LogP contribution in [-0.4, -0.2) is 15.3 Å². The fourth-order valence-electron chi connectivity index (χ4n) is 0.0577. The number of hydrogen-bond acceptors (Lipinski definition) is 3. The van der Waals surface area contributed by atoms with Gasteiger partial charge in [-0.1, -0.05) is 0 Å². The number of hydrogen-bond donors (Lipinski definition) is 3. The molecule has 0 unspecified atom stereocenters. The van der Waals surface area contributed by atoms with Crippen molar-refractivity contribution in [3.05, 3.63) is 17.9 Å². The van der Waals surface area contributed by atoms with Crippen LogP contribution in [0.5, 0.6) is 0 Å². The molecule has 6 heavy (non-hydrogen) atoms. The predicted molar refractivity (Wildman–Crippen MR) is 19.5 cm³/mol. The van der Waals surface area contributed by atoms with Gasteiger partial charge < -0.3 is 15.3 Å². The minimum atomic E-state index is -1.02. The molecule has 0 aromatic carbocycles. The van der Waals surface area contributed by atoms with Crippen LogP contribution in [0.15, 0.2) is 17.9 Å². The molecule has 0 aliphatic heterocycles. The highest BCUT2D eigenvalue weighted by Crippen LogP contribution is 1.67. The summed E-state index contributed by atoms with van der Waals surface area (Å²) in [4.78, 5) is 0. The molecule has 0 aliphatic rings. The third-order valence-electron chi connectivity index (χ3n) is 0.194. The highest BCUT2D eigenvalue weighted by Gasteiger charge is 1.67. The first-order chi connectivity index (χ1) is 2.77. The summed E-state index contributed by atoms with van der Waals surface area (Å²) in [5, 5.41) is 23.1. The zero-order valence-electron chi connectivity index (χ0n) is 2.92. The van der Waals surface area contributed by atoms with Gasteiger partial charge in [-0.3, -0.25) is 0 Å². The Balaban J connectivity index is 3.73. The maximum absolute atomic E-state index is 7.72. The lowest BCUT2D eigenvalue weighted by molar-refractivity contribution is 0.192. The lowest BCUT2D eigenvalue weighted by Gasteiger charge is -1.71. The van der Waals surface area contributed by atoms with Gasteiger partial charge in [0.05, 0.1) is 0 Å². The molecule has 34 valence electrons. The predicted octanol–water partition coefficient (Wildman–Crippen LogP) is 0.614. The van der Waals surface area contributed by atoms with Crippen molar-refractivity contribution in [2.45, 2.75) is 0 Å². The molecule has 0 bridgehead atoms. The van der Waals surface area contributed by atoms with Crippen LogP contribution in [0, 0.1) is 0 Å². The van der Waals surface area contributed by atoms with Crippen LogP contribution < -0.4 is 0 Å². The summed E-state index contributed by atoms with van der Waals surface area (Å²) in [6.45, 7) is 0. The molecule has 0 atom stereocenters. The third kappa shape index (κ3) is 2.92. The molecule has 0 aromatic rings. The van der Waals surface area contributed by atoms with E-state index in [9.17, 15) is 0 Å². The Morgan fingerprint density at radius 3 is 2.00 bits per heavy atom. The quantitative estimate of drug-likeness (QED) is 0.300. The number of aliphatic hydroxyl groups is 3. The van der Waals surface area contributed by atoms with Crippen molar-refractivity contribution < 1.29 is 15.3 Å². The Morgan fingerprint density at radius 1 is 1.50 bits per heavy atom. The van der Waals surface area contributed by atoms with Crippen molar-refractivity contribution in [2.24, 2.45) is 0 Å². The summed E-state index contributed by atoms with van der Waals surface area (Å²) in [6.07, 6.45) is 0.412. The van der Waals surface area contributed by atoms with Gasteiger partial charge in [-0.15, -0.1) is 0 Å². The molecule has 3 heteroatoms. The molecule has 0 aliphatic carbocycles. The smallest absolute Gasteiger partial charge is 0.325 e. The van der Waals surface area contributed by atoms with Crippen LogP contribution in [0.2, 0.25) is 0 Å². The first-order valence-electron chi connectivity index (χ1n) is 1.24. The summed E-state index contributed by atoms with van der Waals surface area (Å²) in [5.74, 6) is -1.02. The molecular weight excluding hydrogens is 84.0 g/mol. The van der Waals surface area contributed by atoms with Gasteiger partial charge in [-0.05, 0) is 0 Å². The topological polar surface area (TPSA) is 60.7 Å². The number of rotatable bonds is 0. The van der Waals surface area contributed by atoms with Gasteiger partial charge in [0.1, 0.15) is 6.26 Å². The summed E-state index contributed by atoms with van der Waals surface area (Å²) >= 11 is 0. The van der Waals surface area contributed by atoms with Gasteiger partial charge in [0.15, 0.2) is 0 Å². The van der Waals surface area contributed by atoms with Crippen molar-refractivity contribution in [1.29, 1.82) is 0 Å². The minimum absolute atomic E-state index is 0.412. The Bertz CT molecular complexity index is 84.2. The zero-order chi connectivity index (χ0) is 4.99. The fraction of sp³-hybridized carbons (Fsp3) is 0. The van der Waals surface area contributed by atoms with Crippen LogP contribution in [-0.2, 0) is 0 Å². The fourth-order valence-corrected chi connectivity index (χ4v) is 0.0577. The van der Waals surface area contributed by atoms with E-state index in [-0.39, 0.29) is 0 Å². The second kappa shape index (κ2) is 2.18. The molecular formula is C3H4O3. The van der Waals surface area contributed by atoms with E-state index in [1.807, 2.05) is 0 Å². The summed E-state index contributed by atoms with van der Waals surface area (Å²) in [5.41, 5.74) is 1.67. The van der Waals surface area contributed by atoms with Crippen molar-refractivity contribution >= 4 is 0 Å². The van der Waals surface area contributed by atoms with E-state index in [1.54, 1.807) is 5.73 Å². The lowest BCUT2D eigenvalue weighted by Crippen LogP contribution is -1.66. The second-order valence-electron chi connectivity index (χ2n) is 0.597. The molecule has 0 radical (unpaired) electrons. The van der Waals surface area contributed by atoms with Gasteiger partial charge >= 0.3 is 5.95 Å². The highest BCUT2D eigenvalue weighted by atomic mass is 16.5. The van der Waals surface area contributed by atoms with Crippen LogP contribution in [0.25, 0.3) is 0 Å². The van der Waals surface area contributed by atoms with Crippen molar-refractivity contribution in [3.63, 3.8) is 0 Å². The van der Waals surface area contributed by atoms with Crippen molar-refractivity contribution in [1.82, 2.24) is 0 Å². The first-order valence-corrected chi connectivity index (χ1v) is 1.24. The molecule has 0 fully saturated rings. The Morgan fingerprint density at radius 2 is 2.00 bits per heavy atom. The molecule has 3 nitrogen and oxygen atoms in total. The molecule has 0 heterocycles. The molecule has 0 saturated carbocycles. The zero-order valence-corrected chi connectivity index (χ0v) is 2.92. The second-order valence-corrected chi connectivity index (χ2v) is 0.597.